The lowest BCUT2D eigenvalue weighted by molar-refractivity contribution is -0.00825. The Balaban J connectivity index is 1.74. The van der Waals surface area contributed by atoms with Gasteiger partial charge in [-0.15, -0.1) is 0 Å². The van der Waals surface area contributed by atoms with Crippen LogP contribution in [0.15, 0.2) is 0 Å². The van der Waals surface area contributed by atoms with Gasteiger partial charge in [0.25, 0.3) is 0 Å². The van der Waals surface area contributed by atoms with Gasteiger partial charge in [-0.2, -0.15) is 5.26 Å². The molecule has 1 rings (SSSR count). The first-order valence-corrected chi connectivity index (χ1v) is 7.07. The summed E-state index contributed by atoms with van der Waals surface area (Å²) in [6.07, 6.45) is 7.66. The summed E-state index contributed by atoms with van der Waals surface area (Å²) >= 11 is 0. The topological polar surface area (TPSA) is 51.5 Å². The minimum Gasteiger partial charge on any atom is -0.381 e. The molecule has 0 aliphatic carbocycles. The fourth-order valence-corrected chi connectivity index (χ4v) is 1.98. The summed E-state index contributed by atoms with van der Waals surface area (Å²) in [5.41, 5.74) is 0. The van der Waals surface area contributed by atoms with E-state index in [1.54, 1.807) is 0 Å². The molecule has 0 spiro atoms. The standard InChI is InChI=1S/C14H25NO3/c15-8-5-11-16-9-3-4-10-17-13-7-14-6-1-2-12-18-14/h14H,1-7,9-13H2. The second kappa shape index (κ2) is 11.5. The van der Waals surface area contributed by atoms with E-state index in [0.717, 1.165) is 45.7 Å². The molecule has 104 valence electrons. The van der Waals surface area contributed by atoms with E-state index in [2.05, 4.69) is 6.07 Å². The Kier molecular flexibility index (Phi) is 9.82. The summed E-state index contributed by atoms with van der Waals surface area (Å²) < 4.78 is 16.5. The molecule has 1 aliphatic heterocycles. The number of hydrogen-bond acceptors (Lipinski definition) is 4. The van der Waals surface area contributed by atoms with Gasteiger partial charge in [-0.25, -0.2) is 0 Å². The molecule has 0 bridgehead atoms. The van der Waals surface area contributed by atoms with Crippen LogP contribution in [0.4, 0.5) is 0 Å². The third-order valence-electron chi connectivity index (χ3n) is 3.04. The summed E-state index contributed by atoms with van der Waals surface area (Å²) in [4.78, 5) is 0. The van der Waals surface area contributed by atoms with E-state index in [0.29, 0.717) is 19.1 Å². The smallest absolute Gasteiger partial charge is 0.0645 e. The summed E-state index contributed by atoms with van der Waals surface area (Å²) in [7, 11) is 0. The first-order chi connectivity index (χ1) is 8.93. The zero-order chi connectivity index (χ0) is 12.9. The molecule has 1 heterocycles. The molecular formula is C14H25NO3. The van der Waals surface area contributed by atoms with Crippen LogP contribution in [0.25, 0.3) is 0 Å². The highest BCUT2D eigenvalue weighted by Gasteiger charge is 2.12. The van der Waals surface area contributed by atoms with Crippen LogP contribution in [0.1, 0.15) is 44.9 Å². The zero-order valence-corrected chi connectivity index (χ0v) is 11.2. The number of rotatable bonds is 10. The van der Waals surface area contributed by atoms with Gasteiger partial charge in [0.2, 0.25) is 0 Å². The van der Waals surface area contributed by atoms with Crippen LogP contribution in [-0.4, -0.2) is 39.1 Å². The van der Waals surface area contributed by atoms with Crippen molar-refractivity contribution in [3.05, 3.63) is 0 Å². The van der Waals surface area contributed by atoms with E-state index in [-0.39, 0.29) is 0 Å². The predicted octanol–water partition coefficient (Wildman–Crippen LogP) is 2.67. The van der Waals surface area contributed by atoms with Crippen LogP contribution < -0.4 is 0 Å². The molecule has 0 radical (unpaired) electrons. The molecule has 1 aliphatic rings. The molecule has 1 unspecified atom stereocenters. The Morgan fingerprint density at radius 3 is 2.50 bits per heavy atom. The molecule has 4 nitrogen and oxygen atoms in total. The van der Waals surface area contributed by atoms with Crippen molar-refractivity contribution in [2.45, 2.75) is 51.0 Å². The quantitative estimate of drug-likeness (QED) is 0.563. The van der Waals surface area contributed by atoms with Crippen LogP contribution in [0.2, 0.25) is 0 Å². The summed E-state index contributed by atoms with van der Waals surface area (Å²) in [6.45, 7) is 3.81. The van der Waals surface area contributed by atoms with E-state index >= 15 is 0 Å². The lowest BCUT2D eigenvalue weighted by atomic mass is 10.1. The monoisotopic (exact) mass is 255 g/mol. The van der Waals surface area contributed by atoms with Crippen molar-refractivity contribution < 1.29 is 14.2 Å². The highest BCUT2D eigenvalue weighted by atomic mass is 16.5. The maximum atomic E-state index is 8.31. The largest absolute Gasteiger partial charge is 0.381 e. The Morgan fingerprint density at radius 1 is 1.06 bits per heavy atom. The van der Waals surface area contributed by atoms with E-state index < -0.39 is 0 Å². The molecule has 4 heteroatoms. The maximum Gasteiger partial charge on any atom is 0.0645 e. The van der Waals surface area contributed by atoms with Gasteiger partial charge < -0.3 is 14.2 Å². The Morgan fingerprint density at radius 2 is 1.83 bits per heavy atom. The summed E-state index contributed by atoms with van der Waals surface area (Å²) in [5, 5.41) is 8.31. The maximum absolute atomic E-state index is 8.31. The van der Waals surface area contributed by atoms with Gasteiger partial charge in [-0.3, -0.25) is 0 Å². The van der Waals surface area contributed by atoms with Crippen LogP contribution in [0, 0.1) is 11.3 Å². The fraction of sp³-hybridized carbons (Fsp3) is 0.929. The molecule has 0 N–H and O–H groups in total. The molecule has 0 aromatic carbocycles. The van der Waals surface area contributed by atoms with Gasteiger partial charge in [0.05, 0.1) is 25.2 Å². The number of unbranched alkanes of at least 4 members (excludes halogenated alkanes) is 1. The Hall–Kier alpha value is -0.630. The Labute approximate surface area is 110 Å². The number of ether oxygens (including phenoxy) is 3. The molecule has 0 saturated carbocycles. The van der Waals surface area contributed by atoms with Gasteiger partial charge in [0.15, 0.2) is 0 Å². The van der Waals surface area contributed by atoms with E-state index in [1.165, 1.54) is 19.3 Å². The van der Waals surface area contributed by atoms with Gasteiger partial charge >= 0.3 is 0 Å². The lowest BCUT2D eigenvalue weighted by Gasteiger charge is -2.22. The number of nitrogens with zero attached hydrogens (tertiary/aromatic N) is 1. The molecule has 1 atom stereocenters. The Bertz CT molecular complexity index is 222. The highest BCUT2D eigenvalue weighted by molar-refractivity contribution is 4.67. The number of hydrogen-bond donors (Lipinski definition) is 0. The zero-order valence-electron chi connectivity index (χ0n) is 11.2. The van der Waals surface area contributed by atoms with Crippen molar-refractivity contribution in [2.75, 3.05) is 33.0 Å². The molecule has 18 heavy (non-hydrogen) atoms. The van der Waals surface area contributed by atoms with Crippen molar-refractivity contribution in [2.24, 2.45) is 0 Å². The van der Waals surface area contributed by atoms with E-state index in [4.69, 9.17) is 19.5 Å². The minimum absolute atomic E-state index is 0.424. The van der Waals surface area contributed by atoms with Crippen LogP contribution in [0.3, 0.4) is 0 Å². The number of nitriles is 1. The normalized spacial score (nSPS) is 19.6. The van der Waals surface area contributed by atoms with Crippen LogP contribution >= 0.6 is 0 Å². The fourth-order valence-electron chi connectivity index (χ4n) is 1.98. The lowest BCUT2D eigenvalue weighted by Crippen LogP contribution is -2.20. The highest BCUT2D eigenvalue weighted by Crippen LogP contribution is 2.15. The van der Waals surface area contributed by atoms with Crippen LogP contribution in [0.5, 0.6) is 0 Å². The molecular weight excluding hydrogens is 230 g/mol. The SMILES string of the molecule is N#CCCOCCCCOCCC1CCCCO1. The molecule has 1 fully saturated rings. The predicted molar refractivity (Wildman–Crippen MR) is 69.3 cm³/mol. The summed E-state index contributed by atoms with van der Waals surface area (Å²) in [6, 6.07) is 2.06. The van der Waals surface area contributed by atoms with Gasteiger partial charge in [0.1, 0.15) is 0 Å². The van der Waals surface area contributed by atoms with Crippen molar-refractivity contribution in [3.63, 3.8) is 0 Å². The van der Waals surface area contributed by atoms with Crippen molar-refractivity contribution in [1.29, 1.82) is 5.26 Å². The third-order valence-corrected chi connectivity index (χ3v) is 3.04. The van der Waals surface area contributed by atoms with Gasteiger partial charge in [-0.05, 0) is 38.5 Å². The van der Waals surface area contributed by atoms with Gasteiger partial charge in [-0.1, -0.05) is 0 Å². The molecule has 0 aromatic rings. The van der Waals surface area contributed by atoms with Crippen molar-refractivity contribution in [1.82, 2.24) is 0 Å². The van der Waals surface area contributed by atoms with E-state index in [1.807, 2.05) is 0 Å². The van der Waals surface area contributed by atoms with Crippen molar-refractivity contribution >= 4 is 0 Å². The first-order valence-electron chi connectivity index (χ1n) is 7.07. The van der Waals surface area contributed by atoms with Crippen molar-refractivity contribution in [3.8, 4) is 6.07 Å². The molecule has 1 saturated heterocycles. The van der Waals surface area contributed by atoms with Crippen LogP contribution in [-0.2, 0) is 14.2 Å². The second-order valence-electron chi connectivity index (χ2n) is 4.62. The average molecular weight is 255 g/mol. The first kappa shape index (κ1) is 15.4. The molecule has 0 aromatic heterocycles. The minimum atomic E-state index is 0.424. The summed E-state index contributed by atoms with van der Waals surface area (Å²) in [5.74, 6) is 0. The second-order valence-corrected chi connectivity index (χ2v) is 4.62. The van der Waals surface area contributed by atoms with E-state index in [9.17, 15) is 0 Å². The van der Waals surface area contributed by atoms with Gasteiger partial charge in [0, 0.05) is 26.4 Å². The molecule has 0 amide bonds. The third kappa shape index (κ3) is 8.46. The average Bonchev–Trinajstić information content (AvgIpc) is 2.42.